The minimum Gasteiger partial charge on any atom is -0.467 e. The summed E-state index contributed by atoms with van der Waals surface area (Å²) in [4.78, 5) is 25.6. The van der Waals surface area contributed by atoms with Crippen molar-refractivity contribution in [2.24, 2.45) is 0 Å². The molecule has 0 atom stereocenters. The number of rotatable bonds is 6. The fourth-order valence-corrected chi connectivity index (χ4v) is 2.47. The highest BCUT2D eigenvalue weighted by molar-refractivity contribution is 5.94. The van der Waals surface area contributed by atoms with Crippen molar-refractivity contribution in [3.05, 3.63) is 59.5 Å². The summed E-state index contributed by atoms with van der Waals surface area (Å²) in [6, 6.07) is 11.2. The van der Waals surface area contributed by atoms with Crippen molar-refractivity contribution < 1.29 is 14.0 Å². The van der Waals surface area contributed by atoms with Crippen LogP contribution in [-0.2, 0) is 16.8 Å². The van der Waals surface area contributed by atoms with Gasteiger partial charge in [0.15, 0.2) is 0 Å². The molecule has 0 bridgehead atoms. The van der Waals surface area contributed by atoms with Crippen LogP contribution in [0.25, 0.3) is 0 Å². The Morgan fingerprint density at radius 3 is 2.32 bits per heavy atom. The quantitative estimate of drug-likeness (QED) is 0.875. The van der Waals surface area contributed by atoms with Gasteiger partial charge in [0, 0.05) is 25.6 Å². The van der Waals surface area contributed by atoms with Gasteiger partial charge in [0.25, 0.3) is 5.91 Å². The molecule has 0 aliphatic rings. The highest BCUT2D eigenvalue weighted by atomic mass is 16.3. The molecule has 0 aliphatic heterocycles. The van der Waals surface area contributed by atoms with Gasteiger partial charge in [-0.15, -0.1) is 0 Å². The molecular weight excluding hydrogens is 316 g/mol. The fraction of sp³-hybridized carbons (Fsp3) is 0.400. The number of hydrogen-bond donors (Lipinski definition) is 1. The van der Waals surface area contributed by atoms with Crippen LogP contribution in [0.4, 0.5) is 0 Å². The van der Waals surface area contributed by atoms with Crippen LogP contribution in [0.3, 0.4) is 0 Å². The summed E-state index contributed by atoms with van der Waals surface area (Å²) in [5.41, 5.74) is 1.86. The molecule has 1 aromatic carbocycles. The molecule has 134 valence electrons. The van der Waals surface area contributed by atoms with Gasteiger partial charge >= 0.3 is 0 Å². The smallest absolute Gasteiger partial charge is 0.251 e. The molecule has 1 N–H and O–H groups in total. The number of carbonyl (C=O) groups excluding carboxylic acids is 2. The first-order valence-electron chi connectivity index (χ1n) is 8.44. The highest BCUT2D eigenvalue weighted by Crippen LogP contribution is 2.22. The normalized spacial score (nSPS) is 11.2. The molecule has 0 saturated heterocycles. The van der Waals surface area contributed by atoms with E-state index < -0.39 is 0 Å². The van der Waals surface area contributed by atoms with Crippen molar-refractivity contribution in [2.45, 2.75) is 39.7 Å². The van der Waals surface area contributed by atoms with Gasteiger partial charge in [0.05, 0.1) is 12.8 Å². The topological polar surface area (TPSA) is 62.6 Å². The van der Waals surface area contributed by atoms with E-state index in [2.05, 4.69) is 26.1 Å². The van der Waals surface area contributed by atoms with Crippen molar-refractivity contribution in [1.29, 1.82) is 0 Å². The minimum atomic E-state index is -0.137. The first kappa shape index (κ1) is 18.8. The first-order chi connectivity index (χ1) is 11.8. The molecule has 25 heavy (non-hydrogen) atoms. The Morgan fingerprint density at radius 1 is 1.12 bits per heavy atom. The van der Waals surface area contributed by atoms with Crippen LogP contribution < -0.4 is 5.32 Å². The zero-order chi connectivity index (χ0) is 18.4. The Hall–Kier alpha value is -2.56. The summed E-state index contributed by atoms with van der Waals surface area (Å²) < 4.78 is 5.27. The van der Waals surface area contributed by atoms with Gasteiger partial charge in [-0.25, -0.2) is 0 Å². The molecule has 0 fully saturated rings. The average molecular weight is 342 g/mol. The van der Waals surface area contributed by atoms with E-state index in [1.165, 1.54) is 12.5 Å². The number of benzene rings is 1. The molecule has 0 saturated carbocycles. The van der Waals surface area contributed by atoms with Crippen LogP contribution in [0.1, 0.15) is 49.4 Å². The number of amides is 2. The van der Waals surface area contributed by atoms with Gasteiger partial charge < -0.3 is 14.6 Å². The van der Waals surface area contributed by atoms with Crippen LogP contribution in [0.5, 0.6) is 0 Å². The summed E-state index contributed by atoms with van der Waals surface area (Å²) in [5.74, 6) is 0.529. The second kappa shape index (κ2) is 8.01. The third-order valence-corrected chi connectivity index (χ3v) is 4.05. The monoisotopic (exact) mass is 342 g/mol. The van der Waals surface area contributed by atoms with Crippen molar-refractivity contribution in [1.82, 2.24) is 10.2 Å². The molecule has 0 spiro atoms. The Labute approximate surface area is 149 Å². The molecule has 2 aromatic rings. The van der Waals surface area contributed by atoms with Gasteiger partial charge in [-0.1, -0.05) is 32.9 Å². The summed E-state index contributed by atoms with van der Waals surface area (Å²) in [6.45, 7) is 9.14. The molecule has 2 rings (SSSR count). The third-order valence-electron chi connectivity index (χ3n) is 4.05. The van der Waals surface area contributed by atoms with Crippen LogP contribution >= 0.6 is 0 Å². The van der Waals surface area contributed by atoms with E-state index in [1.807, 2.05) is 30.3 Å². The van der Waals surface area contributed by atoms with Crippen LogP contribution in [0.2, 0.25) is 0 Å². The van der Waals surface area contributed by atoms with Gasteiger partial charge in [0.1, 0.15) is 5.76 Å². The molecule has 5 nitrogen and oxygen atoms in total. The lowest BCUT2D eigenvalue weighted by Crippen LogP contribution is -2.37. The summed E-state index contributed by atoms with van der Waals surface area (Å²) in [6.07, 6.45) is 1.58. The molecule has 0 radical (unpaired) electrons. The fourth-order valence-electron chi connectivity index (χ4n) is 2.47. The highest BCUT2D eigenvalue weighted by Gasteiger charge is 2.15. The van der Waals surface area contributed by atoms with E-state index in [0.717, 1.165) is 5.76 Å². The molecular formula is C20H26N2O3. The lowest BCUT2D eigenvalue weighted by atomic mass is 9.87. The van der Waals surface area contributed by atoms with Crippen molar-refractivity contribution >= 4 is 11.8 Å². The lowest BCUT2D eigenvalue weighted by Gasteiger charge is -2.20. The first-order valence-corrected chi connectivity index (χ1v) is 8.44. The molecule has 2 amide bonds. The lowest BCUT2D eigenvalue weighted by molar-refractivity contribution is -0.129. The Kier molecular flexibility index (Phi) is 6.02. The number of nitrogens with zero attached hydrogens (tertiary/aromatic N) is 1. The zero-order valence-corrected chi connectivity index (χ0v) is 15.3. The number of furan rings is 1. The van der Waals surface area contributed by atoms with E-state index in [0.29, 0.717) is 25.2 Å². The Morgan fingerprint density at radius 2 is 1.80 bits per heavy atom. The maximum absolute atomic E-state index is 12.2. The van der Waals surface area contributed by atoms with Crippen LogP contribution in [0.15, 0.2) is 47.1 Å². The largest absolute Gasteiger partial charge is 0.467 e. The van der Waals surface area contributed by atoms with Gasteiger partial charge in [-0.3, -0.25) is 9.59 Å². The van der Waals surface area contributed by atoms with Gasteiger partial charge in [-0.2, -0.15) is 0 Å². The molecule has 1 heterocycles. The number of nitrogens with one attached hydrogen (secondary N) is 1. The van der Waals surface area contributed by atoms with Crippen molar-refractivity contribution in [3.63, 3.8) is 0 Å². The second-order valence-electron chi connectivity index (χ2n) is 7.10. The van der Waals surface area contributed by atoms with Crippen LogP contribution in [-0.4, -0.2) is 29.8 Å². The van der Waals surface area contributed by atoms with Crippen molar-refractivity contribution in [2.75, 3.05) is 13.1 Å². The van der Waals surface area contributed by atoms with E-state index in [-0.39, 0.29) is 17.2 Å². The van der Waals surface area contributed by atoms with Crippen molar-refractivity contribution in [3.8, 4) is 0 Å². The number of hydrogen-bond acceptors (Lipinski definition) is 3. The second-order valence-corrected chi connectivity index (χ2v) is 7.10. The molecule has 1 aromatic heterocycles. The molecule has 0 unspecified atom stereocenters. The van der Waals surface area contributed by atoms with Crippen LogP contribution in [0, 0.1) is 0 Å². The SMILES string of the molecule is CC(=O)N(CCNC(=O)c1ccc(C(C)(C)C)cc1)Cc1ccco1. The Balaban J connectivity index is 1.87. The summed E-state index contributed by atoms with van der Waals surface area (Å²) in [5, 5.41) is 2.86. The Bertz CT molecular complexity index is 698. The van der Waals surface area contributed by atoms with E-state index in [9.17, 15) is 9.59 Å². The predicted molar refractivity (Wildman–Crippen MR) is 97.3 cm³/mol. The third kappa shape index (κ3) is 5.48. The molecule has 0 aliphatic carbocycles. The predicted octanol–water partition coefficient (Wildman–Crippen LogP) is 3.36. The maximum Gasteiger partial charge on any atom is 0.251 e. The van der Waals surface area contributed by atoms with E-state index >= 15 is 0 Å². The minimum absolute atomic E-state index is 0.0554. The zero-order valence-electron chi connectivity index (χ0n) is 15.3. The summed E-state index contributed by atoms with van der Waals surface area (Å²) >= 11 is 0. The maximum atomic E-state index is 12.2. The number of carbonyl (C=O) groups is 2. The van der Waals surface area contributed by atoms with E-state index in [1.54, 1.807) is 17.2 Å². The standard InChI is InChI=1S/C20H26N2O3/c1-15(23)22(14-18-6-5-13-25-18)12-11-21-19(24)16-7-9-17(10-8-16)20(2,3)4/h5-10,13H,11-12,14H2,1-4H3,(H,21,24). The summed E-state index contributed by atoms with van der Waals surface area (Å²) in [7, 11) is 0. The van der Waals surface area contributed by atoms with E-state index in [4.69, 9.17) is 4.42 Å². The van der Waals surface area contributed by atoms with Gasteiger partial charge in [-0.05, 0) is 35.2 Å². The average Bonchev–Trinajstić information content (AvgIpc) is 3.06. The van der Waals surface area contributed by atoms with Gasteiger partial charge in [0.2, 0.25) is 5.91 Å². The molecule has 5 heteroatoms.